The third-order valence-corrected chi connectivity index (χ3v) is 1.21. The first-order chi connectivity index (χ1) is 4.19. The van der Waals surface area contributed by atoms with Gasteiger partial charge in [0, 0.05) is 6.92 Å². The fraction of sp³-hybridized carbons (Fsp3) is 0.833. The zero-order chi connectivity index (χ0) is 8.58. The van der Waals surface area contributed by atoms with Crippen molar-refractivity contribution in [3.8, 4) is 0 Å². The lowest BCUT2D eigenvalue weighted by Gasteiger charge is -2.25. The Morgan fingerprint density at radius 3 is 1.70 bits per heavy atom. The highest BCUT2D eigenvalue weighted by Crippen LogP contribution is 2.28. The number of aliphatic hydroxyl groups is 1. The molecular weight excluding hydrogens is 142 g/mol. The standard InChI is InChI=1S/C6H10F2O2/c1-4(9)6(7,8)5(2,3)10/h10H,1-3H3. The molecule has 0 bridgehead atoms. The molecule has 60 valence electrons. The highest BCUT2D eigenvalue weighted by Gasteiger charge is 2.49. The first-order valence-electron chi connectivity index (χ1n) is 2.81. The molecule has 1 N–H and O–H groups in total. The van der Waals surface area contributed by atoms with Crippen LogP contribution in [0.5, 0.6) is 0 Å². The molecule has 0 fully saturated rings. The molecule has 0 spiro atoms. The summed E-state index contributed by atoms with van der Waals surface area (Å²) in [5.74, 6) is -4.97. The van der Waals surface area contributed by atoms with Gasteiger partial charge in [-0.05, 0) is 13.8 Å². The molecule has 0 saturated heterocycles. The number of carbonyl (C=O) groups is 1. The summed E-state index contributed by atoms with van der Waals surface area (Å²) in [5.41, 5.74) is -2.27. The molecule has 0 saturated carbocycles. The summed E-state index contributed by atoms with van der Waals surface area (Å²) in [6.07, 6.45) is 0. The van der Waals surface area contributed by atoms with Crippen molar-refractivity contribution in [3.05, 3.63) is 0 Å². The molecule has 0 aliphatic heterocycles. The normalized spacial score (nSPS) is 13.4. The molecule has 0 radical (unpaired) electrons. The van der Waals surface area contributed by atoms with Gasteiger partial charge >= 0.3 is 5.92 Å². The Morgan fingerprint density at radius 2 is 1.70 bits per heavy atom. The zero-order valence-electron chi connectivity index (χ0n) is 6.11. The second-order valence-electron chi connectivity index (χ2n) is 2.69. The fourth-order valence-electron chi connectivity index (χ4n) is 0.431. The molecule has 4 heteroatoms. The Balaban J connectivity index is 4.57. The van der Waals surface area contributed by atoms with E-state index < -0.39 is 17.3 Å². The number of halogens is 2. The van der Waals surface area contributed by atoms with Crippen molar-refractivity contribution in [2.24, 2.45) is 0 Å². The highest BCUT2D eigenvalue weighted by atomic mass is 19.3. The molecule has 0 unspecified atom stereocenters. The highest BCUT2D eigenvalue weighted by molar-refractivity contribution is 5.84. The number of ketones is 1. The van der Waals surface area contributed by atoms with E-state index in [1.54, 1.807) is 0 Å². The van der Waals surface area contributed by atoms with Crippen LogP contribution < -0.4 is 0 Å². The van der Waals surface area contributed by atoms with E-state index in [9.17, 15) is 13.6 Å². The van der Waals surface area contributed by atoms with E-state index in [-0.39, 0.29) is 0 Å². The van der Waals surface area contributed by atoms with Gasteiger partial charge in [0.15, 0.2) is 0 Å². The molecule has 2 nitrogen and oxygen atoms in total. The summed E-state index contributed by atoms with van der Waals surface area (Å²) >= 11 is 0. The molecule has 0 aliphatic carbocycles. The molecule has 0 amide bonds. The summed E-state index contributed by atoms with van der Waals surface area (Å²) in [5, 5.41) is 8.75. The first kappa shape index (κ1) is 9.49. The minimum absolute atomic E-state index is 0.748. The molecule has 0 heterocycles. The Morgan fingerprint density at radius 1 is 1.40 bits per heavy atom. The van der Waals surface area contributed by atoms with Crippen molar-refractivity contribution < 1.29 is 18.7 Å². The molecule has 0 atom stereocenters. The second-order valence-corrected chi connectivity index (χ2v) is 2.69. The number of Topliss-reactive ketones (excluding diaryl/α,β-unsaturated/α-hetero) is 1. The number of hydrogen-bond acceptors (Lipinski definition) is 2. The lowest BCUT2D eigenvalue weighted by atomic mass is 9.98. The summed E-state index contributed by atoms with van der Waals surface area (Å²) in [6, 6.07) is 0. The maximum absolute atomic E-state index is 12.5. The number of rotatable bonds is 2. The van der Waals surface area contributed by atoms with Crippen LogP contribution in [0.4, 0.5) is 8.78 Å². The molecule has 0 aliphatic rings. The van der Waals surface area contributed by atoms with Crippen LogP contribution in [-0.2, 0) is 4.79 Å². The quantitative estimate of drug-likeness (QED) is 0.640. The van der Waals surface area contributed by atoms with E-state index >= 15 is 0 Å². The van der Waals surface area contributed by atoms with Gasteiger partial charge in [0.25, 0.3) is 0 Å². The van der Waals surface area contributed by atoms with Crippen molar-refractivity contribution in [2.45, 2.75) is 32.3 Å². The lowest BCUT2D eigenvalue weighted by molar-refractivity contribution is -0.178. The third-order valence-electron chi connectivity index (χ3n) is 1.21. The predicted octanol–water partition coefficient (Wildman–Crippen LogP) is 0.982. The van der Waals surface area contributed by atoms with Crippen molar-refractivity contribution in [3.63, 3.8) is 0 Å². The largest absolute Gasteiger partial charge is 0.384 e. The van der Waals surface area contributed by atoms with Gasteiger partial charge < -0.3 is 5.11 Å². The smallest absolute Gasteiger partial charge is 0.332 e. The van der Waals surface area contributed by atoms with Gasteiger partial charge in [-0.1, -0.05) is 0 Å². The summed E-state index contributed by atoms with van der Waals surface area (Å²) in [6.45, 7) is 2.54. The van der Waals surface area contributed by atoms with Crippen LogP contribution in [0.15, 0.2) is 0 Å². The average molecular weight is 152 g/mol. The monoisotopic (exact) mass is 152 g/mol. The van der Waals surface area contributed by atoms with Crippen LogP contribution in [0.25, 0.3) is 0 Å². The van der Waals surface area contributed by atoms with E-state index in [1.165, 1.54) is 0 Å². The van der Waals surface area contributed by atoms with Gasteiger partial charge in [0.2, 0.25) is 5.78 Å². The van der Waals surface area contributed by atoms with Gasteiger partial charge in [-0.3, -0.25) is 4.79 Å². The van der Waals surface area contributed by atoms with Crippen molar-refractivity contribution >= 4 is 5.78 Å². The molecule has 0 aromatic carbocycles. The summed E-state index contributed by atoms with van der Waals surface area (Å²) in [7, 11) is 0. The minimum Gasteiger partial charge on any atom is -0.384 e. The van der Waals surface area contributed by atoms with Gasteiger partial charge in [-0.2, -0.15) is 8.78 Å². The van der Waals surface area contributed by atoms with Crippen LogP contribution in [0.2, 0.25) is 0 Å². The summed E-state index contributed by atoms with van der Waals surface area (Å²) < 4.78 is 24.9. The van der Waals surface area contributed by atoms with E-state index in [4.69, 9.17) is 5.11 Å². The van der Waals surface area contributed by atoms with Crippen molar-refractivity contribution in [1.29, 1.82) is 0 Å². The van der Waals surface area contributed by atoms with Crippen LogP contribution in [0.3, 0.4) is 0 Å². The Labute approximate surface area is 57.9 Å². The van der Waals surface area contributed by atoms with E-state index in [2.05, 4.69) is 0 Å². The third kappa shape index (κ3) is 1.50. The number of hydrogen-bond donors (Lipinski definition) is 1. The van der Waals surface area contributed by atoms with E-state index in [1.807, 2.05) is 0 Å². The number of alkyl halides is 2. The minimum atomic E-state index is -3.65. The lowest BCUT2D eigenvalue weighted by Crippen LogP contribution is -2.47. The zero-order valence-corrected chi connectivity index (χ0v) is 6.11. The summed E-state index contributed by atoms with van der Waals surface area (Å²) in [4.78, 5) is 10.2. The Hall–Kier alpha value is -0.510. The molecule has 0 aromatic rings. The Kier molecular flexibility index (Phi) is 2.15. The van der Waals surface area contributed by atoms with Crippen LogP contribution >= 0.6 is 0 Å². The second kappa shape index (κ2) is 2.27. The van der Waals surface area contributed by atoms with Gasteiger partial charge in [-0.25, -0.2) is 0 Å². The number of carbonyl (C=O) groups excluding carboxylic acids is 1. The maximum atomic E-state index is 12.5. The molecule has 0 aromatic heterocycles. The van der Waals surface area contributed by atoms with Gasteiger partial charge in [0.05, 0.1) is 0 Å². The van der Waals surface area contributed by atoms with Crippen LogP contribution in [0.1, 0.15) is 20.8 Å². The average Bonchev–Trinajstić information content (AvgIpc) is 1.62. The van der Waals surface area contributed by atoms with E-state index in [0.717, 1.165) is 20.8 Å². The SMILES string of the molecule is CC(=O)C(F)(F)C(C)(C)O. The van der Waals surface area contributed by atoms with Crippen molar-refractivity contribution in [2.75, 3.05) is 0 Å². The molecular formula is C6H10F2O2. The Bertz CT molecular complexity index is 146. The fourth-order valence-corrected chi connectivity index (χ4v) is 0.431. The maximum Gasteiger partial charge on any atom is 0.332 e. The van der Waals surface area contributed by atoms with Gasteiger partial charge in [0.1, 0.15) is 5.60 Å². The van der Waals surface area contributed by atoms with E-state index in [0.29, 0.717) is 0 Å². The van der Waals surface area contributed by atoms with Crippen molar-refractivity contribution in [1.82, 2.24) is 0 Å². The predicted molar refractivity (Wildman–Crippen MR) is 31.9 cm³/mol. The molecule has 10 heavy (non-hydrogen) atoms. The van der Waals surface area contributed by atoms with Crippen LogP contribution in [0, 0.1) is 0 Å². The molecule has 0 rings (SSSR count). The van der Waals surface area contributed by atoms with Gasteiger partial charge in [-0.15, -0.1) is 0 Å². The van der Waals surface area contributed by atoms with Crippen LogP contribution in [-0.4, -0.2) is 22.4 Å². The first-order valence-corrected chi connectivity index (χ1v) is 2.81. The topological polar surface area (TPSA) is 37.3 Å².